The van der Waals surface area contributed by atoms with Crippen LogP contribution in [0.25, 0.3) is 0 Å². The summed E-state index contributed by atoms with van der Waals surface area (Å²) >= 11 is 0. The van der Waals surface area contributed by atoms with Gasteiger partial charge in [0.25, 0.3) is 0 Å². The molecule has 1 atom stereocenters. The highest BCUT2D eigenvalue weighted by atomic mass is 16.6. The molecule has 49 heavy (non-hydrogen) atoms. The Bertz CT molecular complexity index is 630. The lowest BCUT2D eigenvalue weighted by Crippen LogP contribution is -2.15. The molecule has 0 aromatic carbocycles. The minimum absolute atomic E-state index is 0.143. The number of ether oxygens (including phenoxy) is 12. The Labute approximate surface area is 297 Å². The Kier molecular flexibility index (Phi) is 42.3. The molecule has 0 fully saturated rings. The van der Waals surface area contributed by atoms with Crippen LogP contribution in [0.1, 0.15) is 72.1 Å². The van der Waals surface area contributed by atoms with Gasteiger partial charge in [-0.05, 0) is 12.3 Å². The number of hydrogen-bond acceptors (Lipinski definition) is 13. The summed E-state index contributed by atoms with van der Waals surface area (Å²) in [5, 5.41) is 0. The first-order chi connectivity index (χ1) is 24.2. The second-order valence-electron chi connectivity index (χ2n) is 11.5. The number of unbranched alkanes of at least 4 members (excludes halogenated alkanes) is 5. The summed E-state index contributed by atoms with van der Waals surface area (Å²) in [5.41, 5.74) is 0. The van der Waals surface area contributed by atoms with Crippen molar-refractivity contribution in [1.82, 2.24) is 0 Å². The molecule has 0 aromatic heterocycles. The second kappa shape index (κ2) is 43.2. The van der Waals surface area contributed by atoms with Crippen molar-refractivity contribution >= 4 is 5.97 Å². The van der Waals surface area contributed by atoms with E-state index in [1.807, 2.05) is 0 Å². The lowest BCUT2D eigenvalue weighted by molar-refractivity contribution is -0.145. The van der Waals surface area contributed by atoms with E-state index in [-0.39, 0.29) is 12.6 Å². The third kappa shape index (κ3) is 43.1. The third-order valence-corrected chi connectivity index (χ3v) is 7.04. The van der Waals surface area contributed by atoms with E-state index < -0.39 is 0 Å². The van der Waals surface area contributed by atoms with Crippen molar-refractivity contribution in [1.29, 1.82) is 0 Å². The number of carbonyl (C=O) groups is 1. The molecule has 0 heterocycles. The van der Waals surface area contributed by atoms with Crippen molar-refractivity contribution in [2.45, 2.75) is 72.1 Å². The average molecular weight is 713 g/mol. The van der Waals surface area contributed by atoms with Crippen LogP contribution in [-0.2, 0) is 61.6 Å². The molecule has 13 heteroatoms. The fourth-order valence-electron chi connectivity index (χ4n) is 3.94. The van der Waals surface area contributed by atoms with Gasteiger partial charge in [0.2, 0.25) is 0 Å². The first kappa shape index (κ1) is 48.0. The standard InChI is InChI=1S/C36H72O13/c1-4-6-7-8-9-10-11-36(37)49-33-32-47-29-28-45-25-24-43-21-20-41-17-16-39-13-12-38-14-15-40-18-19-42-22-23-44-26-27-46-30-31-48-34-35(3)5-2/h35H,4-34H2,1-3H3. The maximum atomic E-state index is 11.7. The highest BCUT2D eigenvalue weighted by Crippen LogP contribution is 2.07. The van der Waals surface area contributed by atoms with Crippen molar-refractivity contribution in [3.63, 3.8) is 0 Å². The quantitative estimate of drug-likeness (QED) is 0.0651. The molecule has 0 spiro atoms. The molecule has 0 aliphatic heterocycles. The highest BCUT2D eigenvalue weighted by molar-refractivity contribution is 5.69. The van der Waals surface area contributed by atoms with Crippen molar-refractivity contribution in [2.75, 3.05) is 152 Å². The maximum Gasteiger partial charge on any atom is 0.305 e. The Morgan fingerprint density at radius 1 is 0.388 bits per heavy atom. The van der Waals surface area contributed by atoms with Crippen LogP contribution in [0.15, 0.2) is 0 Å². The van der Waals surface area contributed by atoms with Crippen molar-refractivity contribution in [3.8, 4) is 0 Å². The van der Waals surface area contributed by atoms with Gasteiger partial charge in [-0.25, -0.2) is 0 Å². The maximum absolute atomic E-state index is 11.7. The smallest absolute Gasteiger partial charge is 0.305 e. The molecule has 1 unspecified atom stereocenters. The number of rotatable bonds is 43. The molecular weight excluding hydrogens is 640 g/mol. The third-order valence-electron chi connectivity index (χ3n) is 7.04. The zero-order valence-corrected chi connectivity index (χ0v) is 31.3. The van der Waals surface area contributed by atoms with Gasteiger partial charge in [0, 0.05) is 13.0 Å². The molecule has 0 aliphatic rings. The Hall–Kier alpha value is -0.970. The van der Waals surface area contributed by atoms with E-state index in [1.54, 1.807) is 0 Å². The molecule has 0 radical (unpaired) electrons. The van der Waals surface area contributed by atoms with E-state index in [9.17, 15) is 4.79 Å². The van der Waals surface area contributed by atoms with Crippen LogP contribution < -0.4 is 0 Å². The molecule has 0 saturated carbocycles. The summed E-state index contributed by atoms with van der Waals surface area (Å²) in [6, 6.07) is 0. The first-order valence-electron chi connectivity index (χ1n) is 18.7. The lowest BCUT2D eigenvalue weighted by atomic mass is 10.1. The summed E-state index contributed by atoms with van der Waals surface area (Å²) in [6.07, 6.45) is 8.56. The number of esters is 1. The first-order valence-corrected chi connectivity index (χ1v) is 18.7. The lowest BCUT2D eigenvalue weighted by Gasteiger charge is -2.10. The van der Waals surface area contributed by atoms with E-state index in [0.717, 1.165) is 25.9 Å². The average Bonchev–Trinajstić information content (AvgIpc) is 3.11. The largest absolute Gasteiger partial charge is 0.463 e. The van der Waals surface area contributed by atoms with Crippen LogP contribution >= 0.6 is 0 Å². The molecule has 0 amide bonds. The van der Waals surface area contributed by atoms with E-state index in [2.05, 4.69) is 20.8 Å². The molecule has 0 aliphatic carbocycles. The van der Waals surface area contributed by atoms with E-state index >= 15 is 0 Å². The Morgan fingerprint density at radius 2 is 0.673 bits per heavy atom. The minimum atomic E-state index is -0.143. The fraction of sp³-hybridized carbons (Fsp3) is 0.972. The summed E-state index contributed by atoms with van der Waals surface area (Å²) in [7, 11) is 0. The second-order valence-corrected chi connectivity index (χ2v) is 11.5. The van der Waals surface area contributed by atoms with Gasteiger partial charge in [-0.15, -0.1) is 0 Å². The highest BCUT2D eigenvalue weighted by Gasteiger charge is 2.03. The minimum Gasteiger partial charge on any atom is -0.463 e. The van der Waals surface area contributed by atoms with Crippen LogP contribution in [0.5, 0.6) is 0 Å². The zero-order valence-electron chi connectivity index (χ0n) is 31.3. The summed E-state index contributed by atoms with van der Waals surface area (Å²) < 4.78 is 65.5. The topological polar surface area (TPSA) is 128 Å². The van der Waals surface area contributed by atoms with Crippen molar-refractivity contribution < 1.29 is 61.6 Å². The molecule has 0 bridgehead atoms. The van der Waals surface area contributed by atoms with Crippen LogP contribution in [-0.4, -0.2) is 158 Å². The van der Waals surface area contributed by atoms with Crippen molar-refractivity contribution in [2.24, 2.45) is 5.92 Å². The summed E-state index contributed by atoms with van der Waals surface area (Å²) in [6.45, 7) is 18.4. The van der Waals surface area contributed by atoms with Gasteiger partial charge in [0.15, 0.2) is 0 Å². The van der Waals surface area contributed by atoms with Gasteiger partial charge in [-0.1, -0.05) is 59.3 Å². The van der Waals surface area contributed by atoms with Gasteiger partial charge in [0.05, 0.1) is 139 Å². The van der Waals surface area contributed by atoms with E-state index in [1.165, 1.54) is 25.7 Å². The molecule has 13 nitrogen and oxygen atoms in total. The Balaban J connectivity index is 3.10. The predicted octanol–water partition coefficient (Wildman–Crippen LogP) is 4.51. The van der Waals surface area contributed by atoms with Gasteiger partial charge >= 0.3 is 5.97 Å². The van der Waals surface area contributed by atoms with Crippen molar-refractivity contribution in [3.05, 3.63) is 0 Å². The van der Waals surface area contributed by atoms with Gasteiger partial charge in [-0.3, -0.25) is 4.79 Å². The van der Waals surface area contributed by atoms with Crippen LogP contribution in [0.4, 0.5) is 0 Å². The Morgan fingerprint density at radius 3 is 1.00 bits per heavy atom. The molecule has 0 N–H and O–H groups in total. The predicted molar refractivity (Wildman–Crippen MR) is 187 cm³/mol. The van der Waals surface area contributed by atoms with Crippen LogP contribution in [0.2, 0.25) is 0 Å². The normalized spacial score (nSPS) is 12.1. The summed E-state index contributed by atoms with van der Waals surface area (Å²) in [5.74, 6) is 0.452. The van der Waals surface area contributed by atoms with E-state index in [4.69, 9.17) is 56.8 Å². The zero-order chi connectivity index (χ0) is 35.6. The number of carbonyl (C=O) groups excluding carboxylic acids is 1. The van der Waals surface area contributed by atoms with Gasteiger partial charge in [-0.2, -0.15) is 0 Å². The molecule has 0 saturated heterocycles. The number of hydrogen-bond donors (Lipinski definition) is 0. The summed E-state index contributed by atoms with van der Waals surface area (Å²) in [4.78, 5) is 11.7. The molecule has 0 rings (SSSR count). The van der Waals surface area contributed by atoms with Gasteiger partial charge < -0.3 is 56.8 Å². The SMILES string of the molecule is CCCCCCCCC(=O)OCCOCCOCCOCCOCCOCCOCCOCCOCCOCCOCCOCC(C)CC. The molecule has 294 valence electrons. The fourth-order valence-corrected chi connectivity index (χ4v) is 3.94. The van der Waals surface area contributed by atoms with E-state index in [0.29, 0.717) is 151 Å². The molecular formula is C36H72O13. The van der Waals surface area contributed by atoms with Crippen LogP contribution in [0, 0.1) is 5.92 Å². The molecule has 0 aromatic rings. The monoisotopic (exact) mass is 712 g/mol. The van der Waals surface area contributed by atoms with Gasteiger partial charge in [0.1, 0.15) is 6.61 Å². The van der Waals surface area contributed by atoms with Crippen LogP contribution in [0.3, 0.4) is 0 Å².